The standard InChI is InChI=1S/C22H25N5O3S/c1-4-11-27-19(13-23-21(29)18-10-7-12-30-18)25-26-22(27)31-14-20(28)24-17-9-6-5-8-16(17)15(2)3/h4-10,12,15H,1,11,13-14H2,2-3H3,(H,23,29)(H,24,28). The molecule has 0 unspecified atom stereocenters. The van der Waals surface area contributed by atoms with Gasteiger partial charge in [0.25, 0.3) is 5.91 Å². The number of aromatic nitrogens is 3. The predicted octanol–water partition coefficient (Wildman–Crippen LogP) is 3.84. The Morgan fingerprint density at radius 1 is 1.23 bits per heavy atom. The Kier molecular flexibility index (Phi) is 7.66. The molecule has 3 aromatic rings. The minimum atomic E-state index is -0.337. The number of rotatable bonds is 10. The molecule has 1 aromatic carbocycles. The number of nitrogens with one attached hydrogen (secondary N) is 2. The molecule has 0 saturated carbocycles. The van der Waals surface area contributed by atoms with Gasteiger partial charge in [-0.25, -0.2) is 0 Å². The summed E-state index contributed by atoms with van der Waals surface area (Å²) >= 11 is 1.28. The van der Waals surface area contributed by atoms with Gasteiger partial charge < -0.3 is 19.6 Å². The largest absolute Gasteiger partial charge is 0.459 e. The minimum Gasteiger partial charge on any atom is -0.459 e. The molecule has 0 aliphatic heterocycles. The second-order valence-electron chi connectivity index (χ2n) is 7.04. The van der Waals surface area contributed by atoms with Gasteiger partial charge in [-0.15, -0.1) is 16.8 Å². The summed E-state index contributed by atoms with van der Waals surface area (Å²) in [5.41, 5.74) is 1.90. The number of para-hydroxylation sites is 1. The Morgan fingerprint density at radius 2 is 2.03 bits per heavy atom. The normalized spacial score (nSPS) is 10.8. The lowest BCUT2D eigenvalue weighted by Crippen LogP contribution is -2.24. The van der Waals surface area contributed by atoms with Crippen molar-refractivity contribution in [3.63, 3.8) is 0 Å². The van der Waals surface area contributed by atoms with E-state index >= 15 is 0 Å². The van der Waals surface area contributed by atoms with Crippen molar-refractivity contribution < 1.29 is 14.0 Å². The van der Waals surface area contributed by atoms with Gasteiger partial charge in [-0.2, -0.15) is 0 Å². The molecule has 31 heavy (non-hydrogen) atoms. The van der Waals surface area contributed by atoms with Crippen LogP contribution >= 0.6 is 11.8 Å². The number of thioether (sulfide) groups is 1. The van der Waals surface area contributed by atoms with Crippen molar-refractivity contribution in [1.29, 1.82) is 0 Å². The van der Waals surface area contributed by atoms with E-state index in [2.05, 4.69) is 41.3 Å². The van der Waals surface area contributed by atoms with Crippen molar-refractivity contribution in [3.8, 4) is 0 Å². The highest BCUT2D eigenvalue weighted by molar-refractivity contribution is 7.99. The van der Waals surface area contributed by atoms with Crippen LogP contribution in [-0.2, 0) is 17.9 Å². The molecule has 0 aliphatic carbocycles. The predicted molar refractivity (Wildman–Crippen MR) is 120 cm³/mol. The highest BCUT2D eigenvalue weighted by Gasteiger charge is 2.16. The van der Waals surface area contributed by atoms with Gasteiger partial charge >= 0.3 is 0 Å². The van der Waals surface area contributed by atoms with Gasteiger partial charge in [-0.05, 0) is 29.7 Å². The van der Waals surface area contributed by atoms with Gasteiger partial charge in [0.05, 0.1) is 18.6 Å². The molecule has 0 aliphatic rings. The average molecular weight is 440 g/mol. The van der Waals surface area contributed by atoms with Gasteiger partial charge in [0.1, 0.15) is 0 Å². The monoisotopic (exact) mass is 439 g/mol. The van der Waals surface area contributed by atoms with Crippen molar-refractivity contribution in [1.82, 2.24) is 20.1 Å². The van der Waals surface area contributed by atoms with Crippen LogP contribution in [0.1, 0.15) is 41.7 Å². The molecule has 162 valence electrons. The maximum Gasteiger partial charge on any atom is 0.287 e. The van der Waals surface area contributed by atoms with E-state index in [0.717, 1.165) is 11.3 Å². The first-order chi connectivity index (χ1) is 15.0. The van der Waals surface area contributed by atoms with Crippen LogP contribution in [0.5, 0.6) is 0 Å². The lowest BCUT2D eigenvalue weighted by molar-refractivity contribution is -0.113. The third-order valence-corrected chi connectivity index (χ3v) is 5.41. The maximum atomic E-state index is 12.5. The first-order valence-electron chi connectivity index (χ1n) is 9.85. The molecule has 2 amide bonds. The minimum absolute atomic E-state index is 0.126. The van der Waals surface area contributed by atoms with Crippen LogP contribution in [0, 0.1) is 0 Å². The summed E-state index contributed by atoms with van der Waals surface area (Å²) in [6.45, 7) is 8.57. The van der Waals surface area contributed by atoms with Crippen molar-refractivity contribution >= 4 is 29.3 Å². The van der Waals surface area contributed by atoms with Crippen LogP contribution in [0.2, 0.25) is 0 Å². The SMILES string of the molecule is C=CCn1c(CNC(=O)c2ccco2)nnc1SCC(=O)Nc1ccccc1C(C)C. The molecule has 0 radical (unpaired) electrons. The third kappa shape index (κ3) is 5.85. The van der Waals surface area contributed by atoms with Crippen LogP contribution in [0.15, 0.2) is 64.9 Å². The van der Waals surface area contributed by atoms with Crippen LogP contribution in [0.25, 0.3) is 0 Å². The first-order valence-corrected chi connectivity index (χ1v) is 10.8. The van der Waals surface area contributed by atoms with Crippen LogP contribution in [-0.4, -0.2) is 32.3 Å². The van der Waals surface area contributed by atoms with E-state index in [1.165, 1.54) is 18.0 Å². The number of benzene rings is 1. The average Bonchev–Trinajstić information content (AvgIpc) is 3.42. The maximum absolute atomic E-state index is 12.5. The zero-order valence-electron chi connectivity index (χ0n) is 17.5. The number of hydrogen-bond donors (Lipinski definition) is 2. The summed E-state index contributed by atoms with van der Waals surface area (Å²) in [4.78, 5) is 24.6. The number of anilines is 1. The number of carbonyl (C=O) groups excluding carboxylic acids is 2. The van der Waals surface area contributed by atoms with Crippen molar-refractivity contribution in [2.24, 2.45) is 0 Å². The molecule has 0 spiro atoms. The smallest absolute Gasteiger partial charge is 0.287 e. The number of amides is 2. The Hall–Kier alpha value is -3.33. The molecular weight excluding hydrogens is 414 g/mol. The van der Waals surface area contributed by atoms with Crippen LogP contribution in [0.3, 0.4) is 0 Å². The third-order valence-electron chi connectivity index (χ3n) is 4.45. The van der Waals surface area contributed by atoms with Gasteiger partial charge in [-0.3, -0.25) is 9.59 Å². The fraction of sp³-hybridized carbons (Fsp3) is 0.273. The highest BCUT2D eigenvalue weighted by atomic mass is 32.2. The molecule has 0 atom stereocenters. The van der Waals surface area contributed by atoms with E-state index < -0.39 is 0 Å². The van der Waals surface area contributed by atoms with Crippen molar-refractivity contribution in [2.75, 3.05) is 11.1 Å². The van der Waals surface area contributed by atoms with E-state index in [1.54, 1.807) is 18.2 Å². The summed E-state index contributed by atoms with van der Waals surface area (Å²) in [6, 6.07) is 11.0. The van der Waals surface area contributed by atoms with Crippen LogP contribution < -0.4 is 10.6 Å². The Labute approximate surface area is 185 Å². The Morgan fingerprint density at radius 3 is 2.74 bits per heavy atom. The zero-order chi connectivity index (χ0) is 22.2. The number of carbonyl (C=O) groups is 2. The van der Waals surface area contributed by atoms with Gasteiger partial charge in [0.15, 0.2) is 16.7 Å². The van der Waals surface area contributed by atoms with Crippen molar-refractivity contribution in [2.45, 2.75) is 38.0 Å². The number of hydrogen-bond acceptors (Lipinski definition) is 6. The Balaban J connectivity index is 1.61. The van der Waals surface area contributed by atoms with Gasteiger partial charge in [-0.1, -0.05) is 49.9 Å². The van der Waals surface area contributed by atoms with E-state index in [4.69, 9.17) is 4.42 Å². The summed E-state index contributed by atoms with van der Waals surface area (Å²) < 4.78 is 6.90. The second-order valence-corrected chi connectivity index (χ2v) is 7.98. The molecule has 2 heterocycles. The molecule has 0 fully saturated rings. The molecule has 0 bridgehead atoms. The van der Waals surface area contributed by atoms with E-state index in [0.29, 0.717) is 23.4 Å². The van der Waals surface area contributed by atoms with Crippen LogP contribution in [0.4, 0.5) is 5.69 Å². The molecule has 3 rings (SSSR count). The summed E-state index contributed by atoms with van der Waals surface area (Å²) in [7, 11) is 0. The molecule has 9 heteroatoms. The second kappa shape index (κ2) is 10.6. The summed E-state index contributed by atoms with van der Waals surface area (Å²) in [6.07, 6.45) is 3.15. The van der Waals surface area contributed by atoms with Gasteiger partial charge in [0.2, 0.25) is 5.91 Å². The molecular formula is C22H25N5O3S. The first kappa shape index (κ1) is 22.4. The lowest BCUT2D eigenvalue weighted by Gasteiger charge is -2.13. The number of allylic oxidation sites excluding steroid dienone is 1. The molecule has 2 aromatic heterocycles. The lowest BCUT2D eigenvalue weighted by atomic mass is 10.0. The number of furan rings is 1. The summed E-state index contributed by atoms with van der Waals surface area (Å²) in [5.74, 6) is 0.810. The molecule has 8 nitrogen and oxygen atoms in total. The van der Waals surface area contributed by atoms with Gasteiger partial charge in [0, 0.05) is 12.2 Å². The zero-order valence-corrected chi connectivity index (χ0v) is 18.3. The highest BCUT2D eigenvalue weighted by Crippen LogP contribution is 2.24. The fourth-order valence-electron chi connectivity index (χ4n) is 2.95. The van der Waals surface area contributed by atoms with E-state index in [9.17, 15) is 9.59 Å². The quantitative estimate of drug-likeness (QED) is 0.368. The van der Waals surface area contributed by atoms with E-state index in [1.807, 2.05) is 28.8 Å². The molecule has 0 saturated heterocycles. The van der Waals surface area contributed by atoms with Crippen molar-refractivity contribution in [3.05, 3.63) is 72.5 Å². The number of nitrogens with zero attached hydrogens (tertiary/aromatic N) is 3. The fourth-order valence-corrected chi connectivity index (χ4v) is 3.72. The Bertz CT molecular complexity index is 1040. The topological polar surface area (TPSA) is 102 Å². The summed E-state index contributed by atoms with van der Waals surface area (Å²) in [5, 5.41) is 14.6. The molecule has 2 N–H and O–H groups in total. The van der Waals surface area contributed by atoms with E-state index in [-0.39, 0.29) is 29.9 Å².